The van der Waals surface area contributed by atoms with Gasteiger partial charge in [0.25, 0.3) is 0 Å². The zero-order valence-electron chi connectivity index (χ0n) is 12.6. The lowest BCUT2D eigenvalue weighted by Crippen LogP contribution is -2.03. The van der Waals surface area contributed by atoms with Crippen LogP contribution in [0.2, 0.25) is 0 Å². The Kier molecular flexibility index (Phi) is 11.9. The van der Waals surface area contributed by atoms with E-state index in [9.17, 15) is 18.9 Å². The van der Waals surface area contributed by atoms with Crippen LogP contribution >= 0.6 is 15.6 Å². The van der Waals surface area contributed by atoms with Gasteiger partial charge >= 0.3 is 15.6 Å². The summed E-state index contributed by atoms with van der Waals surface area (Å²) < 4.78 is 41.5. The summed E-state index contributed by atoms with van der Waals surface area (Å²) >= 11 is 0. The van der Waals surface area contributed by atoms with Crippen molar-refractivity contribution in [3.05, 3.63) is 0 Å². The molecule has 0 aromatic carbocycles. The summed E-state index contributed by atoms with van der Waals surface area (Å²) in [5, 5.41) is 0. The number of unbranched alkanes of at least 4 members (excludes halogenated alkanes) is 2. The lowest BCUT2D eigenvalue weighted by molar-refractivity contribution is 0.123. The van der Waals surface area contributed by atoms with Crippen LogP contribution in [0, 0.1) is 0 Å². The molecule has 0 aliphatic carbocycles. The fourth-order valence-corrected chi connectivity index (χ4v) is 2.73. The molecule has 0 bridgehead atoms. The first-order chi connectivity index (χ1) is 9.83. The summed E-state index contributed by atoms with van der Waals surface area (Å²) in [5.74, 6) is 0. The van der Waals surface area contributed by atoms with Gasteiger partial charge in [0, 0.05) is 0 Å². The van der Waals surface area contributed by atoms with Crippen molar-refractivity contribution in [3.8, 4) is 0 Å². The van der Waals surface area contributed by atoms with Crippen molar-refractivity contribution < 1.29 is 37.0 Å². The number of phosphoric ester groups is 2. The predicted octanol–water partition coefficient (Wildman–Crippen LogP) is 3.24. The van der Waals surface area contributed by atoms with E-state index >= 15 is 0 Å². The zero-order valence-corrected chi connectivity index (χ0v) is 14.4. The molecular formula is C11H26O8P2. The maximum Gasteiger partial charge on any atom is 0.472 e. The van der Waals surface area contributed by atoms with E-state index in [1.54, 1.807) is 0 Å². The SMILES string of the molecule is CCCCOP(=O)(O)OCCCOP(=O)(O)OCCCC. The van der Waals surface area contributed by atoms with Gasteiger partial charge in [-0.2, -0.15) is 0 Å². The van der Waals surface area contributed by atoms with Gasteiger partial charge in [-0.3, -0.25) is 18.1 Å². The van der Waals surface area contributed by atoms with Crippen LogP contribution in [0.3, 0.4) is 0 Å². The minimum atomic E-state index is -4.04. The van der Waals surface area contributed by atoms with Gasteiger partial charge in [-0.25, -0.2) is 9.13 Å². The smallest absolute Gasteiger partial charge is 0.302 e. The lowest BCUT2D eigenvalue weighted by Gasteiger charge is -2.13. The number of hydrogen-bond donors (Lipinski definition) is 2. The molecule has 0 amide bonds. The number of rotatable bonds is 14. The van der Waals surface area contributed by atoms with Gasteiger partial charge in [-0.05, 0) is 19.3 Å². The molecule has 0 aliphatic rings. The molecule has 10 heteroatoms. The third kappa shape index (κ3) is 13.6. The summed E-state index contributed by atoms with van der Waals surface area (Å²) in [6.07, 6.45) is 3.19. The van der Waals surface area contributed by atoms with E-state index in [0.717, 1.165) is 12.8 Å². The standard InChI is InChI=1S/C11H26O8P2/c1-3-5-8-16-20(12,13)18-10-7-11-19-21(14,15)17-9-6-4-2/h3-11H2,1-2H3,(H,12,13)(H,14,15). The van der Waals surface area contributed by atoms with E-state index in [0.29, 0.717) is 12.8 Å². The maximum absolute atomic E-state index is 11.4. The Hall–Kier alpha value is 0.220. The Morgan fingerprint density at radius 1 is 0.667 bits per heavy atom. The summed E-state index contributed by atoms with van der Waals surface area (Å²) in [6.45, 7) is 3.93. The number of phosphoric acid groups is 2. The first-order valence-corrected chi connectivity index (χ1v) is 10.1. The molecule has 0 radical (unpaired) electrons. The normalized spacial score (nSPS) is 17.3. The van der Waals surface area contributed by atoms with Gasteiger partial charge in [0.2, 0.25) is 0 Å². The molecule has 0 spiro atoms. The first kappa shape index (κ1) is 21.2. The van der Waals surface area contributed by atoms with Gasteiger partial charge in [0.1, 0.15) is 0 Å². The van der Waals surface area contributed by atoms with Crippen LogP contribution in [-0.4, -0.2) is 36.2 Å². The second-order valence-corrected chi connectivity index (χ2v) is 7.24. The largest absolute Gasteiger partial charge is 0.472 e. The van der Waals surface area contributed by atoms with Crippen LogP contribution in [0.4, 0.5) is 0 Å². The molecule has 0 aromatic heterocycles. The van der Waals surface area contributed by atoms with Crippen LogP contribution in [0.25, 0.3) is 0 Å². The summed E-state index contributed by atoms with van der Waals surface area (Å²) in [6, 6.07) is 0. The predicted molar refractivity (Wildman–Crippen MR) is 77.9 cm³/mol. The van der Waals surface area contributed by atoms with Crippen molar-refractivity contribution in [3.63, 3.8) is 0 Å². The molecule has 0 saturated heterocycles. The van der Waals surface area contributed by atoms with Crippen LogP contribution in [0.1, 0.15) is 46.0 Å². The van der Waals surface area contributed by atoms with Crippen molar-refractivity contribution in [1.29, 1.82) is 0 Å². The molecule has 0 fully saturated rings. The highest BCUT2D eigenvalue weighted by molar-refractivity contribution is 7.47. The molecule has 8 nitrogen and oxygen atoms in total. The minimum Gasteiger partial charge on any atom is -0.302 e. The van der Waals surface area contributed by atoms with Crippen molar-refractivity contribution in [2.24, 2.45) is 0 Å². The fourth-order valence-electron chi connectivity index (χ4n) is 1.14. The van der Waals surface area contributed by atoms with E-state index in [-0.39, 0.29) is 32.8 Å². The Labute approximate surface area is 126 Å². The third-order valence-corrected chi connectivity index (χ3v) is 4.34. The van der Waals surface area contributed by atoms with Crippen molar-refractivity contribution in [2.75, 3.05) is 26.4 Å². The maximum atomic E-state index is 11.4. The average molecular weight is 348 g/mol. The summed E-state index contributed by atoms with van der Waals surface area (Å²) in [4.78, 5) is 18.6. The van der Waals surface area contributed by atoms with E-state index in [1.807, 2.05) is 13.8 Å². The zero-order chi connectivity index (χ0) is 16.2. The Bertz CT molecular complexity index is 317. The fraction of sp³-hybridized carbons (Fsp3) is 1.00. The van der Waals surface area contributed by atoms with Gasteiger partial charge in [-0.1, -0.05) is 26.7 Å². The van der Waals surface area contributed by atoms with Gasteiger partial charge in [0.05, 0.1) is 26.4 Å². The summed E-state index contributed by atoms with van der Waals surface area (Å²) in [7, 11) is -8.09. The van der Waals surface area contributed by atoms with Crippen molar-refractivity contribution in [2.45, 2.75) is 46.0 Å². The highest BCUT2D eigenvalue weighted by atomic mass is 31.2. The summed E-state index contributed by atoms with van der Waals surface area (Å²) in [5.41, 5.74) is 0. The highest BCUT2D eigenvalue weighted by Gasteiger charge is 2.22. The minimum absolute atomic E-state index is 0.116. The Morgan fingerprint density at radius 3 is 1.24 bits per heavy atom. The molecule has 0 heterocycles. The molecule has 2 unspecified atom stereocenters. The van der Waals surface area contributed by atoms with E-state index in [4.69, 9.17) is 9.05 Å². The van der Waals surface area contributed by atoms with Crippen LogP contribution < -0.4 is 0 Å². The molecule has 2 N–H and O–H groups in total. The van der Waals surface area contributed by atoms with Crippen LogP contribution in [-0.2, 0) is 27.2 Å². The van der Waals surface area contributed by atoms with Gasteiger partial charge < -0.3 is 9.79 Å². The third-order valence-electron chi connectivity index (χ3n) is 2.30. The highest BCUT2D eigenvalue weighted by Crippen LogP contribution is 2.45. The van der Waals surface area contributed by atoms with Crippen LogP contribution in [0.15, 0.2) is 0 Å². The monoisotopic (exact) mass is 348 g/mol. The molecule has 0 aromatic rings. The van der Waals surface area contributed by atoms with E-state index < -0.39 is 15.6 Å². The topological polar surface area (TPSA) is 112 Å². The number of hydrogen-bond acceptors (Lipinski definition) is 6. The Balaban J connectivity index is 3.70. The van der Waals surface area contributed by atoms with Gasteiger partial charge in [-0.15, -0.1) is 0 Å². The van der Waals surface area contributed by atoms with E-state index in [2.05, 4.69) is 9.05 Å². The molecule has 0 saturated carbocycles. The van der Waals surface area contributed by atoms with Crippen molar-refractivity contribution in [1.82, 2.24) is 0 Å². The quantitative estimate of drug-likeness (QED) is 0.363. The lowest BCUT2D eigenvalue weighted by atomic mass is 10.4. The second kappa shape index (κ2) is 11.7. The van der Waals surface area contributed by atoms with Crippen molar-refractivity contribution >= 4 is 15.6 Å². The average Bonchev–Trinajstić information content (AvgIpc) is 2.38. The molecule has 2 atom stereocenters. The van der Waals surface area contributed by atoms with Crippen LogP contribution in [0.5, 0.6) is 0 Å². The molecule has 0 rings (SSSR count). The van der Waals surface area contributed by atoms with Gasteiger partial charge in [0.15, 0.2) is 0 Å². The Morgan fingerprint density at radius 2 is 0.952 bits per heavy atom. The molecule has 21 heavy (non-hydrogen) atoms. The first-order valence-electron chi connectivity index (χ1n) is 7.06. The van der Waals surface area contributed by atoms with E-state index in [1.165, 1.54) is 0 Å². The second-order valence-electron chi connectivity index (χ2n) is 4.33. The molecule has 0 aliphatic heterocycles. The molecule has 128 valence electrons. The molecular weight excluding hydrogens is 322 g/mol.